The number of hydrogen-bond acceptors (Lipinski definition) is 4. The van der Waals surface area contributed by atoms with Gasteiger partial charge in [-0.25, -0.2) is 4.79 Å². The van der Waals surface area contributed by atoms with Crippen molar-refractivity contribution in [2.45, 2.75) is 0 Å². The van der Waals surface area contributed by atoms with Gasteiger partial charge in [-0.3, -0.25) is 20.4 Å². The van der Waals surface area contributed by atoms with Crippen LogP contribution in [-0.2, 0) is 4.74 Å². The van der Waals surface area contributed by atoms with Crippen LogP contribution >= 0.6 is 15.9 Å². The van der Waals surface area contributed by atoms with Gasteiger partial charge in [0.05, 0.1) is 12.7 Å². The fraction of sp³-hybridized carbons (Fsp3) is 0.0500. The molecule has 6 nitrogen and oxygen atoms in total. The van der Waals surface area contributed by atoms with E-state index in [1.807, 2.05) is 0 Å². The number of hydrazine groups is 1. The third-order valence-corrected chi connectivity index (χ3v) is 4.50. The fourth-order valence-electron chi connectivity index (χ4n) is 2.64. The van der Waals surface area contributed by atoms with Crippen LogP contribution in [0.1, 0.15) is 31.1 Å². The van der Waals surface area contributed by atoms with E-state index in [0.717, 1.165) is 4.47 Å². The molecule has 0 bridgehead atoms. The third-order valence-electron chi connectivity index (χ3n) is 3.97. The van der Waals surface area contributed by atoms with E-state index in [2.05, 4.69) is 26.8 Å². The molecule has 2 amide bonds. The number of methoxy groups -OCH3 is 1. The first kappa shape index (κ1) is 18.6. The highest BCUT2D eigenvalue weighted by atomic mass is 79.9. The molecule has 136 valence electrons. The number of ether oxygens (including phenoxy) is 1. The van der Waals surface area contributed by atoms with Crippen molar-refractivity contribution in [1.82, 2.24) is 10.9 Å². The number of rotatable bonds is 3. The molecule has 0 radical (unpaired) electrons. The zero-order valence-electron chi connectivity index (χ0n) is 14.3. The molecule has 0 saturated heterocycles. The quantitative estimate of drug-likeness (QED) is 0.496. The van der Waals surface area contributed by atoms with Gasteiger partial charge in [-0.05, 0) is 47.2 Å². The van der Waals surface area contributed by atoms with E-state index in [4.69, 9.17) is 4.74 Å². The Kier molecular flexibility index (Phi) is 5.52. The molecule has 2 N–H and O–H groups in total. The van der Waals surface area contributed by atoms with Gasteiger partial charge in [0, 0.05) is 15.6 Å². The Morgan fingerprint density at radius 1 is 0.778 bits per heavy atom. The molecule has 0 spiro atoms. The Hall–Kier alpha value is -3.19. The summed E-state index contributed by atoms with van der Waals surface area (Å²) in [4.78, 5) is 36.6. The largest absolute Gasteiger partial charge is 0.465 e. The summed E-state index contributed by atoms with van der Waals surface area (Å²) in [6, 6.07) is 16.8. The smallest absolute Gasteiger partial charge is 0.338 e. The van der Waals surface area contributed by atoms with Crippen LogP contribution in [0, 0.1) is 0 Å². The Balaban J connectivity index is 1.83. The van der Waals surface area contributed by atoms with Crippen LogP contribution in [0.2, 0.25) is 0 Å². The topological polar surface area (TPSA) is 84.5 Å². The normalized spacial score (nSPS) is 10.3. The van der Waals surface area contributed by atoms with Crippen LogP contribution in [0.25, 0.3) is 10.8 Å². The number of carbonyl (C=O) groups excluding carboxylic acids is 3. The summed E-state index contributed by atoms with van der Waals surface area (Å²) in [5.41, 5.74) is 5.88. The molecule has 0 atom stereocenters. The van der Waals surface area contributed by atoms with Crippen molar-refractivity contribution >= 4 is 44.5 Å². The monoisotopic (exact) mass is 426 g/mol. The second-order valence-corrected chi connectivity index (χ2v) is 6.53. The van der Waals surface area contributed by atoms with Gasteiger partial charge in [-0.15, -0.1) is 0 Å². The Morgan fingerprint density at radius 2 is 1.33 bits per heavy atom. The third kappa shape index (κ3) is 3.98. The van der Waals surface area contributed by atoms with Crippen LogP contribution in [0.15, 0.2) is 65.1 Å². The first-order valence-corrected chi connectivity index (χ1v) is 8.77. The molecule has 0 aromatic heterocycles. The van der Waals surface area contributed by atoms with Gasteiger partial charge in [-0.1, -0.05) is 40.2 Å². The molecule has 0 aliphatic carbocycles. The zero-order chi connectivity index (χ0) is 19.4. The number of esters is 1. The number of fused-ring (bicyclic) bond motifs is 1. The molecule has 3 rings (SSSR count). The average Bonchev–Trinajstić information content (AvgIpc) is 2.70. The number of halogens is 1. The Morgan fingerprint density at radius 3 is 1.96 bits per heavy atom. The molecule has 0 aliphatic heterocycles. The van der Waals surface area contributed by atoms with Gasteiger partial charge in [0.2, 0.25) is 0 Å². The van der Waals surface area contributed by atoms with E-state index >= 15 is 0 Å². The lowest BCUT2D eigenvalue weighted by Gasteiger charge is -2.11. The van der Waals surface area contributed by atoms with Gasteiger partial charge >= 0.3 is 5.97 Å². The van der Waals surface area contributed by atoms with Crippen molar-refractivity contribution in [2.75, 3.05) is 7.11 Å². The van der Waals surface area contributed by atoms with E-state index in [1.54, 1.807) is 48.5 Å². The molecule has 0 unspecified atom stereocenters. The van der Waals surface area contributed by atoms with Gasteiger partial charge in [0.25, 0.3) is 11.8 Å². The standard InChI is InChI=1S/C20H15BrN2O4/c1-27-20(26)17-11-10-16(14-4-2-3-5-15(14)17)19(25)23-22-18(24)12-6-8-13(21)9-7-12/h2-11H,1H3,(H,22,24)(H,23,25). The van der Waals surface area contributed by atoms with Crippen LogP contribution < -0.4 is 10.9 Å². The summed E-state index contributed by atoms with van der Waals surface area (Å²) < 4.78 is 5.63. The minimum atomic E-state index is -0.493. The van der Waals surface area contributed by atoms with E-state index in [-0.39, 0.29) is 0 Å². The van der Waals surface area contributed by atoms with E-state index in [0.29, 0.717) is 27.5 Å². The first-order chi connectivity index (χ1) is 13.0. The Labute approximate surface area is 163 Å². The summed E-state index contributed by atoms with van der Waals surface area (Å²) >= 11 is 3.30. The van der Waals surface area contributed by atoms with E-state index in [9.17, 15) is 14.4 Å². The second kappa shape index (κ2) is 8.01. The lowest BCUT2D eigenvalue weighted by molar-refractivity contribution is 0.0602. The SMILES string of the molecule is COC(=O)c1ccc(C(=O)NNC(=O)c2ccc(Br)cc2)c2ccccc12. The summed E-state index contributed by atoms with van der Waals surface area (Å²) in [5, 5.41) is 1.17. The molecule has 3 aromatic rings. The van der Waals surface area contributed by atoms with Gasteiger partial charge in [0.15, 0.2) is 0 Å². The maximum atomic E-state index is 12.5. The average molecular weight is 427 g/mol. The second-order valence-electron chi connectivity index (χ2n) is 5.61. The molecular weight excluding hydrogens is 412 g/mol. The molecule has 3 aromatic carbocycles. The van der Waals surface area contributed by atoms with Crippen molar-refractivity contribution in [3.8, 4) is 0 Å². The van der Waals surface area contributed by atoms with Crippen molar-refractivity contribution in [3.05, 3.63) is 81.8 Å². The van der Waals surface area contributed by atoms with E-state index in [1.165, 1.54) is 19.2 Å². The number of amides is 2. The van der Waals surface area contributed by atoms with Gasteiger partial charge < -0.3 is 4.74 Å². The van der Waals surface area contributed by atoms with E-state index < -0.39 is 17.8 Å². The van der Waals surface area contributed by atoms with Crippen LogP contribution in [-0.4, -0.2) is 24.9 Å². The van der Waals surface area contributed by atoms with Crippen molar-refractivity contribution < 1.29 is 19.1 Å². The maximum Gasteiger partial charge on any atom is 0.338 e. The highest BCUT2D eigenvalue weighted by Crippen LogP contribution is 2.23. The summed E-state index contributed by atoms with van der Waals surface area (Å²) in [6.45, 7) is 0. The van der Waals surface area contributed by atoms with Crippen molar-refractivity contribution in [3.63, 3.8) is 0 Å². The van der Waals surface area contributed by atoms with Crippen LogP contribution in [0.3, 0.4) is 0 Å². The minimum absolute atomic E-state index is 0.328. The highest BCUT2D eigenvalue weighted by Gasteiger charge is 2.17. The van der Waals surface area contributed by atoms with Crippen molar-refractivity contribution in [2.24, 2.45) is 0 Å². The van der Waals surface area contributed by atoms with Gasteiger partial charge in [-0.2, -0.15) is 0 Å². The number of nitrogens with one attached hydrogen (secondary N) is 2. The zero-order valence-corrected chi connectivity index (χ0v) is 15.9. The van der Waals surface area contributed by atoms with Crippen LogP contribution in [0.5, 0.6) is 0 Å². The Bertz CT molecular complexity index is 1030. The van der Waals surface area contributed by atoms with Crippen molar-refractivity contribution in [1.29, 1.82) is 0 Å². The number of carbonyl (C=O) groups is 3. The lowest BCUT2D eigenvalue weighted by atomic mass is 9.99. The minimum Gasteiger partial charge on any atom is -0.465 e. The molecule has 0 heterocycles. The summed E-state index contributed by atoms with van der Waals surface area (Å²) in [7, 11) is 1.30. The molecule has 0 saturated carbocycles. The fourth-order valence-corrected chi connectivity index (χ4v) is 2.90. The molecule has 27 heavy (non-hydrogen) atoms. The predicted molar refractivity (Wildman–Crippen MR) is 104 cm³/mol. The molecule has 0 fully saturated rings. The van der Waals surface area contributed by atoms with Gasteiger partial charge in [0.1, 0.15) is 0 Å². The molecule has 0 aliphatic rings. The van der Waals surface area contributed by atoms with Crippen LogP contribution in [0.4, 0.5) is 0 Å². The number of benzene rings is 3. The highest BCUT2D eigenvalue weighted by molar-refractivity contribution is 9.10. The summed E-state index contributed by atoms with van der Waals surface area (Å²) in [5.74, 6) is -1.42. The maximum absolute atomic E-state index is 12.5. The predicted octanol–water partition coefficient (Wildman–Crippen LogP) is 3.46. The molecular formula is C20H15BrN2O4. The number of hydrogen-bond donors (Lipinski definition) is 2. The first-order valence-electron chi connectivity index (χ1n) is 7.97. The summed E-state index contributed by atoms with van der Waals surface area (Å²) in [6.07, 6.45) is 0. The molecule has 7 heteroatoms. The lowest BCUT2D eigenvalue weighted by Crippen LogP contribution is -2.41.